The van der Waals surface area contributed by atoms with E-state index in [1.807, 2.05) is 0 Å². The van der Waals surface area contributed by atoms with Gasteiger partial charge in [-0.25, -0.2) is 8.78 Å². The van der Waals surface area contributed by atoms with Crippen LogP contribution in [0.3, 0.4) is 0 Å². The molecule has 13 heavy (non-hydrogen) atoms. The van der Waals surface area contributed by atoms with E-state index in [1.165, 1.54) is 0 Å². The summed E-state index contributed by atoms with van der Waals surface area (Å²) in [5.74, 6) is 0. The number of H-pyrrole nitrogens is 1. The van der Waals surface area contributed by atoms with E-state index in [-0.39, 0.29) is 11.1 Å². The third-order valence-corrected chi connectivity index (χ3v) is 2.33. The minimum Gasteiger partial charge on any atom is -0.356 e. The predicted octanol–water partition coefficient (Wildman–Crippen LogP) is 2.52. The Labute approximate surface area is 82.1 Å². The van der Waals surface area contributed by atoms with Crippen molar-refractivity contribution in [2.24, 2.45) is 0 Å². The van der Waals surface area contributed by atoms with Gasteiger partial charge in [-0.2, -0.15) is 0 Å². The van der Waals surface area contributed by atoms with Gasteiger partial charge in [-0.05, 0) is 6.92 Å². The maximum atomic E-state index is 12.2. The van der Waals surface area contributed by atoms with Crippen LogP contribution in [0.2, 0.25) is 0 Å². The molecule has 0 saturated carbocycles. The second kappa shape index (κ2) is 4.00. The molecule has 0 atom stereocenters. The average Bonchev–Trinajstić information content (AvgIpc) is 2.09. The maximum absolute atomic E-state index is 12.2. The summed E-state index contributed by atoms with van der Waals surface area (Å²) in [7, 11) is 0. The summed E-state index contributed by atoms with van der Waals surface area (Å²) in [6, 6.07) is 0.937. The molecule has 72 valence electrons. The number of rotatable bonds is 2. The van der Waals surface area contributed by atoms with Gasteiger partial charge in [0.2, 0.25) is 0 Å². The standard InChI is InChI=1S/C8H8BrF2NO/c1-4-6(3-9)12-5(8(10)11)2-7(4)13/h2,8H,3H2,1H3,(H,12,13). The first kappa shape index (κ1) is 10.4. The fraction of sp³-hybridized carbons (Fsp3) is 0.375. The van der Waals surface area contributed by atoms with Crippen molar-refractivity contribution in [3.05, 3.63) is 33.2 Å². The summed E-state index contributed by atoms with van der Waals surface area (Å²) >= 11 is 3.11. The molecule has 5 heteroatoms. The van der Waals surface area contributed by atoms with Crippen molar-refractivity contribution in [2.75, 3.05) is 0 Å². The quantitative estimate of drug-likeness (QED) is 0.806. The maximum Gasteiger partial charge on any atom is 0.278 e. The van der Waals surface area contributed by atoms with Gasteiger partial charge < -0.3 is 4.98 Å². The molecule has 0 radical (unpaired) electrons. The van der Waals surface area contributed by atoms with Crippen LogP contribution < -0.4 is 5.43 Å². The van der Waals surface area contributed by atoms with Crippen molar-refractivity contribution >= 4 is 15.9 Å². The van der Waals surface area contributed by atoms with Crippen LogP contribution in [0.1, 0.15) is 23.4 Å². The van der Waals surface area contributed by atoms with Crippen LogP contribution >= 0.6 is 15.9 Å². The lowest BCUT2D eigenvalue weighted by atomic mass is 10.2. The molecule has 2 nitrogen and oxygen atoms in total. The third-order valence-electron chi connectivity index (χ3n) is 1.77. The monoisotopic (exact) mass is 251 g/mol. The number of alkyl halides is 3. The van der Waals surface area contributed by atoms with Crippen molar-refractivity contribution in [3.8, 4) is 0 Å². The number of halogens is 3. The van der Waals surface area contributed by atoms with Gasteiger partial charge in [-0.3, -0.25) is 4.79 Å². The van der Waals surface area contributed by atoms with E-state index < -0.39 is 6.43 Å². The van der Waals surface area contributed by atoms with Gasteiger partial charge in [0, 0.05) is 22.7 Å². The lowest BCUT2D eigenvalue weighted by molar-refractivity contribution is 0.145. The molecule has 0 fully saturated rings. The first-order chi connectivity index (χ1) is 6.06. The summed E-state index contributed by atoms with van der Waals surface area (Å²) in [6.07, 6.45) is -2.63. The molecule has 0 aliphatic carbocycles. The zero-order valence-electron chi connectivity index (χ0n) is 6.90. The highest BCUT2D eigenvalue weighted by molar-refractivity contribution is 9.08. The van der Waals surface area contributed by atoms with Crippen molar-refractivity contribution < 1.29 is 8.78 Å². The van der Waals surface area contributed by atoms with Crippen molar-refractivity contribution in [1.82, 2.24) is 4.98 Å². The Morgan fingerprint density at radius 3 is 2.69 bits per heavy atom. The number of pyridine rings is 1. The number of hydrogen-bond acceptors (Lipinski definition) is 1. The van der Waals surface area contributed by atoms with E-state index in [1.54, 1.807) is 6.92 Å². The van der Waals surface area contributed by atoms with Crippen molar-refractivity contribution in [2.45, 2.75) is 18.7 Å². The topological polar surface area (TPSA) is 32.9 Å². The van der Waals surface area contributed by atoms with E-state index in [4.69, 9.17) is 0 Å². The second-order valence-corrected chi connectivity index (χ2v) is 3.19. The molecule has 0 bridgehead atoms. The Bertz CT molecular complexity index is 362. The van der Waals surface area contributed by atoms with Crippen LogP contribution in [0.5, 0.6) is 0 Å². The molecule has 1 aromatic rings. The molecule has 1 aromatic heterocycles. The fourth-order valence-corrected chi connectivity index (χ4v) is 1.51. The Kier molecular flexibility index (Phi) is 3.19. The second-order valence-electron chi connectivity index (χ2n) is 2.63. The van der Waals surface area contributed by atoms with Crippen LogP contribution in [0.25, 0.3) is 0 Å². The first-order valence-corrected chi connectivity index (χ1v) is 4.75. The number of aromatic amines is 1. The number of hydrogen-bond donors (Lipinski definition) is 1. The minimum atomic E-state index is -2.63. The van der Waals surface area contributed by atoms with E-state index in [0.29, 0.717) is 16.6 Å². The molecule has 1 N–H and O–H groups in total. The van der Waals surface area contributed by atoms with Crippen LogP contribution in [0.4, 0.5) is 8.78 Å². The van der Waals surface area contributed by atoms with Crippen LogP contribution in [-0.2, 0) is 5.33 Å². The molecule has 1 rings (SSSR count). The summed E-state index contributed by atoms with van der Waals surface area (Å²) in [4.78, 5) is 13.7. The Morgan fingerprint density at radius 1 is 1.62 bits per heavy atom. The van der Waals surface area contributed by atoms with E-state index in [2.05, 4.69) is 20.9 Å². The van der Waals surface area contributed by atoms with Gasteiger partial charge in [-0.15, -0.1) is 0 Å². The van der Waals surface area contributed by atoms with Gasteiger partial charge in [0.05, 0.1) is 5.69 Å². The van der Waals surface area contributed by atoms with Crippen molar-refractivity contribution in [1.29, 1.82) is 0 Å². The molecule has 0 amide bonds. The smallest absolute Gasteiger partial charge is 0.278 e. The zero-order chi connectivity index (χ0) is 10.0. The SMILES string of the molecule is Cc1c(CBr)[nH]c(C(F)F)cc1=O. The number of nitrogens with one attached hydrogen (secondary N) is 1. The van der Waals surface area contributed by atoms with E-state index in [0.717, 1.165) is 6.07 Å². The minimum absolute atomic E-state index is 0.329. The largest absolute Gasteiger partial charge is 0.356 e. The summed E-state index contributed by atoms with van der Waals surface area (Å²) in [5, 5.41) is 0.370. The molecule has 0 spiro atoms. The van der Waals surface area contributed by atoms with Gasteiger partial charge >= 0.3 is 0 Å². The molecule has 0 aliphatic heterocycles. The Hall–Kier alpha value is -0.710. The lowest BCUT2D eigenvalue weighted by Crippen LogP contribution is -2.11. The number of aromatic nitrogens is 1. The summed E-state index contributed by atoms with van der Waals surface area (Å²) < 4.78 is 24.4. The molecule has 0 unspecified atom stereocenters. The van der Waals surface area contributed by atoms with Crippen LogP contribution in [-0.4, -0.2) is 4.98 Å². The highest BCUT2D eigenvalue weighted by Crippen LogP contribution is 2.16. The van der Waals surface area contributed by atoms with Gasteiger partial charge in [-0.1, -0.05) is 15.9 Å². The Balaban J connectivity index is 3.31. The third kappa shape index (κ3) is 2.15. The highest BCUT2D eigenvalue weighted by atomic mass is 79.9. The molecule has 1 heterocycles. The normalized spacial score (nSPS) is 10.8. The van der Waals surface area contributed by atoms with Gasteiger partial charge in [0.1, 0.15) is 0 Å². The predicted molar refractivity (Wildman–Crippen MR) is 49.4 cm³/mol. The molecule has 0 aliphatic rings. The first-order valence-electron chi connectivity index (χ1n) is 3.63. The highest BCUT2D eigenvalue weighted by Gasteiger charge is 2.11. The van der Waals surface area contributed by atoms with E-state index in [9.17, 15) is 13.6 Å². The van der Waals surface area contributed by atoms with Crippen molar-refractivity contribution in [3.63, 3.8) is 0 Å². The molecular weight excluding hydrogens is 244 g/mol. The van der Waals surface area contributed by atoms with Crippen LogP contribution in [0.15, 0.2) is 10.9 Å². The van der Waals surface area contributed by atoms with Gasteiger partial charge in [0.25, 0.3) is 6.43 Å². The van der Waals surface area contributed by atoms with Crippen LogP contribution in [0, 0.1) is 6.92 Å². The zero-order valence-corrected chi connectivity index (χ0v) is 8.49. The van der Waals surface area contributed by atoms with Gasteiger partial charge in [0.15, 0.2) is 5.43 Å². The summed E-state index contributed by atoms with van der Waals surface area (Å²) in [5.41, 5.74) is 0.289. The Morgan fingerprint density at radius 2 is 2.23 bits per heavy atom. The molecule has 0 saturated heterocycles. The fourth-order valence-electron chi connectivity index (χ4n) is 0.953. The van der Waals surface area contributed by atoms with E-state index >= 15 is 0 Å². The molecule has 0 aromatic carbocycles. The lowest BCUT2D eigenvalue weighted by Gasteiger charge is -2.05. The summed E-state index contributed by atoms with van der Waals surface area (Å²) in [6.45, 7) is 1.60. The molecular formula is C8H8BrF2NO. The average molecular weight is 252 g/mol.